The first-order chi connectivity index (χ1) is 8.27. The molecule has 1 nitrogen and oxygen atoms in total. The number of rotatable bonds is 0. The van der Waals surface area contributed by atoms with Gasteiger partial charge in [0.25, 0.3) is 0 Å². The summed E-state index contributed by atoms with van der Waals surface area (Å²) >= 11 is 0. The summed E-state index contributed by atoms with van der Waals surface area (Å²) in [5, 5.41) is 0. The van der Waals surface area contributed by atoms with Gasteiger partial charge in [0.2, 0.25) is 0 Å². The van der Waals surface area contributed by atoms with Crippen LogP contribution in [0, 0.1) is 0 Å². The van der Waals surface area contributed by atoms with Gasteiger partial charge < -0.3 is 5.73 Å². The lowest BCUT2D eigenvalue weighted by atomic mass is 10.1. The van der Waals surface area contributed by atoms with E-state index in [-0.39, 0.29) is 0 Å². The minimum absolute atomic E-state index is 0.915. The van der Waals surface area contributed by atoms with Gasteiger partial charge >= 0.3 is 0 Å². The van der Waals surface area contributed by atoms with Crippen molar-refractivity contribution in [1.82, 2.24) is 0 Å². The smallest absolute Gasteiger partial charge is 0.0356 e. The first kappa shape index (κ1) is 11.5. The van der Waals surface area contributed by atoms with Crippen molar-refractivity contribution in [3.8, 4) is 11.1 Å². The van der Waals surface area contributed by atoms with Crippen molar-refractivity contribution in [1.29, 1.82) is 0 Å². The van der Waals surface area contributed by atoms with Crippen LogP contribution in [0.25, 0.3) is 11.1 Å². The molecule has 17 heavy (non-hydrogen) atoms. The first-order valence-corrected chi connectivity index (χ1v) is 5.80. The van der Waals surface area contributed by atoms with Gasteiger partial charge in [-0.15, -0.1) is 6.58 Å². The van der Waals surface area contributed by atoms with E-state index in [0.717, 1.165) is 12.1 Å². The van der Waals surface area contributed by atoms with Crippen LogP contribution in [-0.2, 0) is 6.42 Å². The summed E-state index contributed by atoms with van der Waals surface area (Å²) in [6.07, 6.45) is 2.73. The fourth-order valence-corrected chi connectivity index (χ4v) is 2.18. The number of fused-ring (bicyclic) bond motifs is 3. The highest BCUT2D eigenvalue weighted by molar-refractivity contribution is 5.81. The number of hydrogen-bond acceptors (Lipinski definition) is 1. The lowest BCUT2D eigenvalue weighted by molar-refractivity contribution is 1.27. The van der Waals surface area contributed by atoms with Gasteiger partial charge in [-0.2, -0.15) is 0 Å². The van der Waals surface area contributed by atoms with E-state index in [9.17, 15) is 0 Å². The first-order valence-electron chi connectivity index (χ1n) is 5.80. The fourth-order valence-electron chi connectivity index (χ4n) is 2.18. The number of nitrogen functional groups attached to an aromatic ring is 1. The summed E-state index contributed by atoms with van der Waals surface area (Å²) in [6, 6.07) is 14.7. The molecule has 0 radical (unpaired) electrons. The minimum Gasteiger partial charge on any atom is -0.398 e. The largest absolute Gasteiger partial charge is 0.398 e. The van der Waals surface area contributed by atoms with E-state index in [2.05, 4.69) is 36.9 Å². The molecule has 86 valence electrons. The average molecular weight is 223 g/mol. The second kappa shape index (κ2) is 4.88. The topological polar surface area (TPSA) is 26.0 Å². The highest BCUT2D eigenvalue weighted by Gasteiger charge is 2.18. The standard InChI is InChI=1S/C13H11N.C3H6/c14-13-7-3-6-11-10-5-2-1-4-9(10)8-12(11)13;1-3-2/h1-7H,8,14H2;3H,1H2,2H3. The maximum absolute atomic E-state index is 5.95. The third-order valence-corrected chi connectivity index (χ3v) is 2.89. The van der Waals surface area contributed by atoms with Gasteiger partial charge in [-0.3, -0.25) is 0 Å². The number of anilines is 1. The highest BCUT2D eigenvalue weighted by atomic mass is 14.6. The van der Waals surface area contributed by atoms with Gasteiger partial charge in [0, 0.05) is 12.1 Å². The van der Waals surface area contributed by atoms with E-state index >= 15 is 0 Å². The van der Waals surface area contributed by atoms with Crippen LogP contribution in [0.1, 0.15) is 18.1 Å². The molecule has 2 aromatic carbocycles. The van der Waals surface area contributed by atoms with Crippen LogP contribution < -0.4 is 5.73 Å². The molecule has 0 spiro atoms. The average Bonchev–Trinajstić information content (AvgIpc) is 2.71. The van der Waals surface area contributed by atoms with Crippen LogP contribution in [0.3, 0.4) is 0 Å². The van der Waals surface area contributed by atoms with Gasteiger partial charge in [0.15, 0.2) is 0 Å². The van der Waals surface area contributed by atoms with Gasteiger partial charge in [0.1, 0.15) is 0 Å². The molecule has 0 bridgehead atoms. The second-order valence-corrected chi connectivity index (χ2v) is 4.12. The molecule has 0 saturated carbocycles. The Balaban J connectivity index is 0.000000329. The van der Waals surface area contributed by atoms with Crippen molar-refractivity contribution >= 4 is 5.69 Å². The normalized spacial score (nSPS) is 10.9. The third kappa shape index (κ3) is 2.09. The fraction of sp³-hybridized carbons (Fsp3) is 0.125. The van der Waals surface area contributed by atoms with Gasteiger partial charge in [0.05, 0.1) is 0 Å². The lowest BCUT2D eigenvalue weighted by Crippen LogP contribution is -1.91. The summed E-state index contributed by atoms with van der Waals surface area (Å²) < 4.78 is 0. The molecule has 0 aliphatic heterocycles. The zero-order valence-corrected chi connectivity index (χ0v) is 10.1. The quantitative estimate of drug-likeness (QED) is 0.452. The van der Waals surface area contributed by atoms with Gasteiger partial charge in [-0.25, -0.2) is 0 Å². The zero-order chi connectivity index (χ0) is 12.3. The SMILES string of the molecule is C=CC.Nc1cccc2c1Cc1ccccc1-2. The number of hydrogen-bond donors (Lipinski definition) is 1. The van der Waals surface area contributed by atoms with E-state index in [1.807, 2.05) is 19.1 Å². The van der Waals surface area contributed by atoms with Crippen LogP contribution in [0.2, 0.25) is 0 Å². The summed E-state index contributed by atoms with van der Waals surface area (Å²) in [5.74, 6) is 0. The molecule has 2 N–H and O–H groups in total. The molecule has 1 heteroatoms. The molecular weight excluding hydrogens is 206 g/mol. The molecule has 1 aliphatic rings. The zero-order valence-electron chi connectivity index (χ0n) is 10.1. The Morgan fingerprint density at radius 2 is 1.71 bits per heavy atom. The van der Waals surface area contributed by atoms with Crippen LogP contribution >= 0.6 is 0 Å². The summed E-state index contributed by atoms with van der Waals surface area (Å²) in [7, 11) is 0. The van der Waals surface area contributed by atoms with Gasteiger partial charge in [-0.05, 0) is 35.2 Å². The van der Waals surface area contributed by atoms with Crippen molar-refractivity contribution in [3.63, 3.8) is 0 Å². The van der Waals surface area contributed by atoms with E-state index < -0.39 is 0 Å². The van der Waals surface area contributed by atoms with E-state index in [4.69, 9.17) is 5.73 Å². The van der Waals surface area contributed by atoms with Crippen LogP contribution in [0.15, 0.2) is 55.1 Å². The highest BCUT2D eigenvalue weighted by Crippen LogP contribution is 2.38. The number of allylic oxidation sites excluding steroid dienone is 1. The molecular formula is C16H17N. The predicted molar refractivity (Wildman–Crippen MR) is 75.0 cm³/mol. The molecule has 3 rings (SSSR count). The van der Waals surface area contributed by atoms with E-state index in [1.165, 1.54) is 22.3 Å². The van der Waals surface area contributed by atoms with Crippen LogP contribution in [-0.4, -0.2) is 0 Å². The molecule has 0 aromatic heterocycles. The minimum atomic E-state index is 0.915. The maximum Gasteiger partial charge on any atom is 0.0356 e. The Hall–Kier alpha value is -2.02. The predicted octanol–water partition coefficient (Wildman–Crippen LogP) is 4.03. The van der Waals surface area contributed by atoms with Gasteiger partial charge in [-0.1, -0.05) is 42.5 Å². The number of benzene rings is 2. The van der Waals surface area contributed by atoms with Crippen molar-refractivity contribution in [3.05, 3.63) is 66.2 Å². The monoisotopic (exact) mass is 223 g/mol. The summed E-state index contributed by atoms with van der Waals surface area (Å²) in [4.78, 5) is 0. The van der Waals surface area contributed by atoms with E-state index in [1.54, 1.807) is 6.08 Å². The van der Waals surface area contributed by atoms with E-state index in [0.29, 0.717) is 0 Å². The Morgan fingerprint density at radius 1 is 1.06 bits per heavy atom. The Kier molecular flexibility index (Phi) is 3.29. The maximum atomic E-state index is 5.95. The summed E-state index contributed by atoms with van der Waals surface area (Å²) in [6.45, 7) is 5.25. The second-order valence-electron chi connectivity index (χ2n) is 4.12. The molecule has 0 amide bonds. The molecule has 0 fully saturated rings. The van der Waals surface area contributed by atoms with Crippen LogP contribution in [0.5, 0.6) is 0 Å². The van der Waals surface area contributed by atoms with Crippen LogP contribution in [0.4, 0.5) is 5.69 Å². The number of nitrogens with two attached hydrogens (primary N) is 1. The summed E-state index contributed by atoms with van der Waals surface area (Å²) in [5.41, 5.74) is 12.2. The molecule has 2 aromatic rings. The van der Waals surface area contributed by atoms with Crippen molar-refractivity contribution in [2.75, 3.05) is 5.73 Å². The van der Waals surface area contributed by atoms with Crippen molar-refractivity contribution in [2.24, 2.45) is 0 Å². The molecule has 0 unspecified atom stereocenters. The van der Waals surface area contributed by atoms with Crippen molar-refractivity contribution < 1.29 is 0 Å². The van der Waals surface area contributed by atoms with Crippen molar-refractivity contribution in [2.45, 2.75) is 13.3 Å². The Bertz CT molecular complexity index is 541. The molecule has 0 atom stereocenters. The third-order valence-electron chi connectivity index (χ3n) is 2.89. The Morgan fingerprint density at radius 3 is 2.47 bits per heavy atom. The Labute approximate surface area is 103 Å². The molecule has 1 aliphatic carbocycles. The molecule has 0 saturated heterocycles. The lowest BCUT2D eigenvalue weighted by Gasteiger charge is -2.02. The molecule has 0 heterocycles.